The zero-order valence-electron chi connectivity index (χ0n) is 11.1. The molecule has 19 heavy (non-hydrogen) atoms. The molecule has 0 saturated heterocycles. The number of nitrogens with zero attached hydrogens (tertiary/aromatic N) is 1. The van der Waals surface area contributed by atoms with Crippen LogP contribution in [0.15, 0.2) is 48.5 Å². The van der Waals surface area contributed by atoms with Crippen molar-refractivity contribution in [2.45, 2.75) is 18.6 Å². The molecule has 0 aliphatic carbocycles. The van der Waals surface area contributed by atoms with E-state index in [1.807, 2.05) is 0 Å². The Balaban J connectivity index is 1.85. The van der Waals surface area contributed by atoms with Gasteiger partial charge in [-0.15, -0.1) is 0 Å². The van der Waals surface area contributed by atoms with Gasteiger partial charge in [0.15, 0.2) is 5.60 Å². The van der Waals surface area contributed by atoms with E-state index in [-0.39, 0.29) is 5.60 Å². The van der Waals surface area contributed by atoms with Gasteiger partial charge in [-0.05, 0) is 24.2 Å². The third-order valence-corrected chi connectivity index (χ3v) is 4.23. The van der Waals surface area contributed by atoms with E-state index in [0.29, 0.717) is 0 Å². The summed E-state index contributed by atoms with van der Waals surface area (Å²) in [4.78, 5) is 2.36. The molecule has 2 aromatic carbocycles. The summed E-state index contributed by atoms with van der Waals surface area (Å²) in [5.74, 6) is 1.05. The Labute approximate surface area is 113 Å². The normalized spacial score (nSPS) is 24.9. The van der Waals surface area contributed by atoms with Crippen molar-refractivity contribution < 1.29 is 4.74 Å². The zero-order valence-corrected chi connectivity index (χ0v) is 11.1. The van der Waals surface area contributed by atoms with E-state index in [1.165, 1.54) is 16.7 Å². The van der Waals surface area contributed by atoms with Crippen molar-refractivity contribution in [3.8, 4) is 5.75 Å². The summed E-state index contributed by atoms with van der Waals surface area (Å²) in [6, 6.07) is 17.1. The summed E-state index contributed by atoms with van der Waals surface area (Å²) in [7, 11) is 2.17. The van der Waals surface area contributed by atoms with Crippen molar-refractivity contribution >= 4 is 0 Å². The fourth-order valence-corrected chi connectivity index (χ4v) is 3.51. The van der Waals surface area contributed by atoms with Crippen molar-refractivity contribution in [1.29, 1.82) is 0 Å². The summed E-state index contributed by atoms with van der Waals surface area (Å²) in [6.45, 7) is 1.97. The van der Waals surface area contributed by atoms with Gasteiger partial charge < -0.3 is 4.74 Å². The highest BCUT2D eigenvalue weighted by atomic mass is 16.5. The first kappa shape index (κ1) is 11.1. The van der Waals surface area contributed by atoms with Crippen LogP contribution < -0.4 is 4.74 Å². The van der Waals surface area contributed by atoms with Gasteiger partial charge in [0.05, 0.1) is 0 Å². The second kappa shape index (κ2) is 3.84. The van der Waals surface area contributed by atoms with Crippen LogP contribution in [0.2, 0.25) is 0 Å². The molecule has 0 saturated carbocycles. The molecule has 0 radical (unpaired) electrons. The maximum Gasteiger partial charge on any atom is 0.151 e. The third-order valence-electron chi connectivity index (χ3n) is 4.23. The largest absolute Gasteiger partial charge is 0.481 e. The molecule has 4 rings (SSSR count). The lowest BCUT2D eigenvalue weighted by molar-refractivity contribution is 0.0362. The van der Waals surface area contributed by atoms with Crippen LogP contribution in [0.4, 0.5) is 0 Å². The minimum Gasteiger partial charge on any atom is -0.481 e. The van der Waals surface area contributed by atoms with Crippen LogP contribution >= 0.6 is 0 Å². The number of rotatable bonds is 0. The number of fused-ring (bicyclic) bond motifs is 3. The van der Waals surface area contributed by atoms with Crippen LogP contribution in [0.1, 0.15) is 16.7 Å². The van der Waals surface area contributed by atoms with E-state index in [0.717, 1.165) is 25.3 Å². The first-order chi connectivity index (χ1) is 9.27. The van der Waals surface area contributed by atoms with E-state index in [4.69, 9.17) is 4.74 Å². The Morgan fingerprint density at radius 3 is 2.58 bits per heavy atom. The molecule has 96 valence electrons. The van der Waals surface area contributed by atoms with Crippen LogP contribution in [-0.2, 0) is 18.6 Å². The van der Waals surface area contributed by atoms with Crippen LogP contribution in [0, 0.1) is 0 Å². The molecule has 1 unspecified atom stereocenters. The number of hydrogen-bond donors (Lipinski definition) is 0. The van der Waals surface area contributed by atoms with Gasteiger partial charge in [-0.2, -0.15) is 0 Å². The quantitative estimate of drug-likeness (QED) is 0.713. The van der Waals surface area contributed by atoms with Gasteiger partial charge in [0.25, 0.3) is 0 Å². The van der Waals surface area contributed by atoms with Crippen LogP contribution in [0.3, 0.4) is 0 Å². The summed E-state index contributed by atoms with van der Waals surface area (Å²) < 4.78 is 6.39. The van der Waals surface area contributed by atoms with E-state index < -0.39 is 0 Å². The van der Waals surface area contributed by atoms with Gasteiger partial charge in [-0.25, -0.2) is 0 Å². The number of hydrogen-bond acceptors (Lipinski definition) is 2. The molecule has 0 fully saturated rings. The topological polar surface area (TPSA) is 12.5 Å². The molecule has 0 N–H and O–H groups in total. The van der Waals surface area contributed by atoms with Crippen molar-refractivity contribution in [2.75, 3.05) is 13.6 Å². The van der Waals surface area contributed by atoms with Crippen LogP contribution in [0.5, 0.6) is 5.75 Å². The second-order valence-corrected chi connectivity index (χ2v) is 5.71. The second-order valence-electron chi connectivity index (χ2n) is 5.71. The molecular formula is C17H17NO. The van der Waals surface area contributed by atoms with Crippen molar-refractivity contribution in [3.05, 3.63) is 65.2 Å². The Morgan fingerprint density at radius 2 is 1.74 bits per heavy atom. The molecule has 1 spiro atoms. The standard InChI is InChI=1S/C17H17NO/c1-18-11-14-7-2-4-8-15(14)17(12-18)10-13-6-3-5-9-16(13)19-17/h2-9H,10-12H2,1H3. The minimum atomic E-state index is -0.187. The summed E-state index contributed by atoms with van der Waals surface area (Å²) in [5.41, 5.74) is 3.90. The smallest absolute Gasteiger partial charge is 0.151 e. The maximum atomic E-state index is 6.39. The minimum absolute atomic E-state index is 0.187. The molecule has 1 atom stereocenters. The Bertz CT molecular complexity index is 610. The first-order valence-electron chi connectivity index (χ1n) is 6.81. The monoisotopic (exact) mass is 251 g/mol. The number of ether oxygens (including phenoxy) is 1. The first-order valence-corrected chi connectivity index (χ1v) is 6.81. The molecular weight excluding hydrogens is 234 g/mol. The average molecular weight is 251 g/mol. The lowest BCUT2D eigenvalue weighted by atomic mass is 9.83. The van der Waals surface area contributed by atoms with Gasteiger partial charge in [0.2, 0.25) is 0 Å². The fraction of sp³-hybridized carbons (Fsp3) is 0.294. The van der Waals surface area contributed by atoms with Gasteiger partial charge in [-0.3, -0.25) is 4.90 Å². The van der Waals surface area contributed by atoms with Crippen LogP contribution in [-0.4, -0.2) is 18.5 Å². The lowest BCUT2D eigenvalue weighted by Crippen LogP contribution is -2.47. The van der Waals surface area contributed by atoms with E-state index >= 15 is 0 Å². The van der Waals surface area contributed by atoms with Gasteiger partial charge in [0, 0.05) is 25.1 Å². The SMILES string of the molecule is CN1Cc2ccccc2C2(Cc3ccccc3O2)C1. The Morgan fingerprint density at radius 1 is 1.00 bits per heavy atom. The summed E-state index contributed by atoms with van der Waals surface area (Å²) in [5, 5.41) is 0. The van der Waals surface area contributed by atoms with Crippen LogP contribution in [0.25, 0.3) is 0 Å². The molecule has 2 heteroatoms. The van der Waals surface area contributed by atoms with Crippen molar-refractivity contribution in [3.63, 3.8) is 0 Å². The number of likely N-dealkylation sites (N-methyl/N-ethyl adjacent to an activating group) is 1. The Kier molecular flexibility index (Phi) is 2.24. The predicted octanol–water partition coefficient (Wildman–Crippen LogP) is 2.96. The molecule has 2 heterocycles. The average Bonchev–Trinajstić information content (AvgIpc) is 2.76. The third kappa shape index (κ3) is 1.60. The van der Waals surface area contributed by atoms with Crippen molar-refractivity contribution in [2.24, 2.45) is 0 Å². The van der Waals surface area contributed by atoms with Gasteiger partial charge >= 0.3 is 0 Å². The number of para-hydroxylation sites is 1. The zero-order chi connectivity index (χ0) is 12.9. The Hall–Kier alpha value is -1.80. The summed E-state index contributed by atoms with van der Waals surface area (Å²) >= 11 is 0. The van der Waals surface area contributed by atoms with E-state index in [1.54, 1.807) is 0 Å². The molecule has 2 aromatic rings. The number of benzene rings is 2. The fourth-order valence-electron chi connectivity index (χ4n) is 3.51. The predicted molar refractivity (Wildman–Crippen MR) is 75.2 cm³/mol. The van der Waals surface area contributed by atoms with E-state index in [9.17, 15) is 0 Å². The maximum absolute atomic E-state index is 6.39. The molecule has 2 aliphatic heterocycles. The van der Waals surface area contributed by atoms with Crippen molar-refractivity contribution in [1.82, 2.24) is 4.90 Å². The molecule has 0 bridgehead atoms. The summed E-state index contributed by atoms with van der Waals surface area (Å²) in [6.07, 6.45) is 0.977. The van der Waals surface area contributed by atoms with Gasteiger partial charge in [0.1, 0.15) is 5.75 Å². The molecule has 0 aromatic heterocycles. The highest BCUT2D eigenvalue weighted by molar-refractivity contribution is 5.46. The molecule has 2 nitrogen and oxygen atoms in total. The van der Waals surface area contributed by atoms with Gasteiger partial charge in [-0.1, -0.05) is 42.5 Å². The molecule has 2 aliphatic rings. The lowest BCUT2D eigenvalue weighted by Gasteiger charge is -2.39. The van der Waals surface area contributed by atoms with E-state index in [2.05, 4.69) is 60.5 Å². The highest BCUT2D eigenvalue weighted by Crippen LogP contribution is 2.44. The highest BCUT2D eigenvalue weighted by Gasteiger charge is 2.45. The molecule has 0 amide bonds.